The first kappa shape index (κ1) is 5.03. The minimum atomic E-state index is -0.214. The van der Waals surface area contributed by atoms with Crippen molar-refractivity contribution in [3.8, 4) is 0 Å². The summed E-state index contributed by atoms with van der Waals surface area (Å²) in [4.78, 5) is 0. The Hall–Kier alpha value is -0.120. The summed E-state index contributed by atoms with van der Waals surface area (Å²) in [6.07, 6.45) is 0.863. The van der Waals surface area contributed by atoms with Crippen LogP contribution in [0.3, 0.4) is 0 Å². The average molecular weight is 102 g/mol. The first-order valence-electron chi connectivity index (χ1n) is 2.50. The van der Waals surface area contributed by atoms with Crippen molar-refractivity contribution in [1.82, 2.24) is 5.32 Å². The molecule has 42 valence electrons. The molecule has 1 unspecified atom stereocenters. The molecule has 0 saturated carbocycles. The third-order valence-electron chi connectivity index (χ3n) is 0.964. The molecular formula is C4H10N2O. The van der Waals surface area contributed by atoms with Gasteiger partial charge in [0.15, 0.2) is 6.35 Å². The Morgan fingerprint density at radius 3 is 2.86 bits per heavy atom. The van der Waals surface area contributed by atoms with Crippen LogP contribution >= 0.6 is 0 Å². The molecule has 1 atom stereocenters. The van der Waals surface area contributed by atoms with E-state index in [9.17, 15) is 0 Å². The second kappa shape index (κ2) is 2.26. The highest BCUT2D eigenvalue weighted by Crippen LogP contribution is 1.89. The summed E-state index contributed by atoms with van der Waals surface area (Å²) in [6, 6.07) is 0. The predicted molar refractivity (Wildman–Crippen MR) is 26.5 cm³/mol. The highest BCUT2D eigenvalue weighted by atomic mass is 16.5. The van der Waals surface area contributed by atoms with Crippen molar-refractivity contribution >= 4 is 0 Å². The van der Waals surface area contributed by atoms with Gasteiger partial charge in [-0.3, -0.25) is 11.1 Å². The van der Waals surface area contributed by atoms with Crippen molar-refractivity contribution in [3.05, 3.63) is 0 Å². The Morgan fingerprint density at radius 1 is 1.71 bits per heavy atom. The second-order valence-corrected chi connectivity index (χ2v) is 1.60. The number of ether oxygens (including phenoxy) is 1. The van der Waals surface area contributed by atoms with Gasteiger partial charge in [-0.2, -0.15) is 0 Å². The van der Waals surface area contributed by atoms with Crippen LogP contribution in [-0.4, -0.2) is 19.5 Å². The van der Waals surface area contributed by atoms with Crippen LogP contribution in [0.1, 0.15) is 6.42 Å². The molecule has 3 nitrogen and oxygen atoms in total. The van der Waals surface area contributed by atoms with E-state index >= 15 is 0 Å². The van der Waals surface area contributed by atoms with Crippen LogP contribution in [0.25, 0.3) is 0 Å². The van der Waals surface area contributed by atoms with Gasteiger partial charge in [0.25, 0.3) is 0 Å². The Balaban J connectivity index is 2.12. The molecule has 0 aromatic rings. The van der Waals surface area contributed by atoms with Crippen molar-refractivity contribution in [3.63, 3.8) is 0 Å². The molecule has 1 rings (SSSR count). The van der Waals surface area contributed by atoms with Gasteiger partial charge in [-0.25, -0.2) is 0 Å². The van der Waals surface area contributed by atoms with Gasteiger partial charge in [-0.1, -0.05) is 0 Å². The van der Waals surface area contributed by atoms with Crippen LogP contribution < -0.4 is 11.1 Å². The van der Waals surface area contributed by atoms with Crippen molar-refractivity contribution in [2.24, 2.45) is 5.73 Å². The highest BCUT2D eigenvalue weighted by Gasteiger charge is 2.04. The van der Waals surface area contributed by atoms with Gasteiger partial charge in [0.1, 0.15) is 0 Å². The summed E-state index contributed by atoms with van der Waals surface area (Å²) in [7, 11) is 0. The van der Waals surface area contributed by atoms with E-state index in [1.807, 2.05) is 0 Å². The first-order valence-corrected chi connectivity index (χ1v) is 2.50. The summed E-state index contributed by atoms with van der Waals surface area (Å²) in [5.74, 6) is 0. The zero-order valence-corrected chi connectivity index (χ0v) is 4.18. The fraction of sp³-hybridized carbons (Fsp3) is 1.00. The second-order valence-electron chi connectivity index (χ2n) is 1.60. The van der Waals surface area contributed by atoms with Gasteiger partial charge in [0.2, 0.25) is 0 Å². The van der Waals surface area contributed by atoms with Crippen molar-refractivity contribution in [1.29, 1.82) is 0 Å². The Morgan fingerprint density at radius 2 is 2.57 bits per heavy atom. The Labute approximate surface area is 42.8 Å². The minimum Gasteiger partial charge on any atom is -0.350 e. The van der Waals surface area contributed by atoms with Gasteiger partial charge in [-0.05, 0) is 6.42 Å². The first-order chi connectivity index (χ1) is 3.39. The van der Waals surface area contributed by atoms with Crippen LogP contribution in [0.15, 0.2) is 0 Å². The fourth-order valence-corrected chi connectivity index (χ4v) is 0.586. The lowest BCUT2D eigenvalue weighted by Crippen LogP contribution is -2.44. The van der Waals surface area contributed by atoms with E-state index in [1.54, 1.807) is 0 Å². The molecule has 1 aliphatic heterocycles. The number of nitrogens with one attached hydrogen (secondary N) is 1. The van der Waals surface area contributed by atoms with Crippen molar-refractivity contribution in [2.75, 3.05) is 13.2 Å². The highest BCUT2D eigenvalue weighted by molar-refractivity contribution is 4.53. The maximum absolute atomic E-state index is 5.30. The smallest absolute Gasteiger partial charge is 0.160 e. The summed E-state index contributed by atoms with van der Waals surface area (Å²) in [5.41, 5.74) is 5.30. The van der Waals surface area contributed by atoms with E-state index in [0.29, 0.717) is 0 Å². The number of hydrogen-bond acceptors (Lipinski definition) is 3. The zero-order valence-electron chi connectivity index (χ0n) is 4.18. The van der Waals surface area contributed by atoms with Crippen LogP contribution in [0.2, 0.25) is 0 Å². The van der Waals surface area contributed by atoms with Crippen LogP contribution in [-0.2, 0) is 4.74 Å². The standard InChI is InChI=1S/C4H10N2O/c5-4-6-2-1-3-7-4/h4,6H,1-3,5H2. The molecule has 0 spiro atoms. The normalized spacial score (nSPS) is 33.0. The topological polar surface area (TPSA) is 47.3 Å². The largest absolute Gasteiger partial charge is 0.350 e. The molecule has 1 saturated heterocycles. The van der Waals surface area contributed by atoms with Crippen LogP contribution in [0.4, 0.5) is 0 Å². The van der Waals surface area contributed by atoms with E-state index in [0.717, 1.165) is 19.6 Å². The molecule has 0 amide bonds. The summed E-state index contributed by atoms with van der Waals surface area (Å²) in [6.45, 7) is 1.79. The molecule has 0 aromatic carbocycles. The lowest BCUT2D eigenvalue weighted by Gasteiger charge is -2.19. The van der Waals surface area contributed by atoms with Crippen LogP contribution in [0.5, 0.6) is 0 Å². The third kappa shape index (κ3) is 1.43. The maximum Gasteiger partial charge on any atom is 0.160 e. The van der Waals surface area contributed by atoms with Gasteiger partial charge >= 0.3 is 0 Å². The van der Waals surface area contributed by atoms with Gasteiger partial charge < -0.3 is 4.74 Å². The van der Waals surface area contributed by atoms with Gasteiger partial charge in [-0.15, -0.1) is 0 Å². The van der Waals surface area contributed by atoms with Crippen molar-refractivity contribution < 1.29 is 4.74 Å². The fourth-order valence-electron chi connectivity index (χ4n) is 0.586. The van der Waals surface area contributed by atoms with Crippen LogP contribution in [0, 0.1) is 0 Å². The molecule has 3 N–H and O–H groups in total. The van der Waals surface area contributed by atoms with Gasteiger partial charge in [0, 0.05) is 6.54 Å². The number of hydrogen-bond donors (Lipinski definition) is 2. The van der Waals surface area contributed by atoms with E-state index in [4.69, 9.17) is 10.5 Å². The molecule has 0 radical (unpaired) electrons. The SMILES string of the molecule is NC1NCCCO1. The van der Waals surface area contributed by atoms with E-state index in [-0.39, 0.29) is 6.35 Å². The average Bonchev–Trinajstić information content (AvgIpc) is 1.69. The maximum atomic E-state index is 5.30. The predicted octanol–water partition coefficient (Wildman–Crippen LogP) is -0.761. The lowest BCUT2D eigenvalue weighted by molar-refractivity contribution is 0.00581. The number of rotatable bonds is 0. The van der Waals surface area contributed by atoms with Gasteiger partial charge in [0.05, 0.1) is 6.61 Å². The molecule has 0 aromatic heterocycles. The lowest BCUT2D eigenvalue weighted by atomic mass is 10.4. The van der Waals surface area contributed by atoms with E-state index in [2.05, 4.69) is 5.32 Å². The molecule has 0 aliphatic carbocycles. The molecule has 0 bridgehead atoms. The minimum absolute atomic E-state index is 0.214. The Bertz CT molecular complexity index is 51.7. The summed E-state index contributed by atoms with van der Waals surface area (Å²) < 4.78 is 4.94. The molecular weight excluding hydrogens is 92.1 g/mol. The quantitative estimate of drug-likeness (QED) is 0.422. The Kier molecular flexibility index (Phi) is 1.62. The molecule has 1 fully saturated rings. The monoisotopic (exact) mass is 102 g/mol. The molecule has 1 aliphatic rings. The summed E-state index contributed by atoms with van der Waals surface area (Å²) in [5, 5.41) is 2.94. The zero-order chi connectivity index (χ0) is 5.11. The number of nitrogens with two attached hydrogens (primary N) is 1. The molecule has 1 heterocycles. The van der Waals surface area contributed by atoms with Crippen molar-refractivity contribution in [2.45, 2.75) is 12.8 Å². The summed E-state index contributed by atoms with van der Waals surface area (Å²) >= 11 is 0. The molecule has 3 heteroatoms. The van der Waals surface area contributed by atoms with E-state index < -0.39 is 0 Å². The molecule has 7 heavy (non-hydrogen) atoms. The van der Waals surface area contributed by atoms with E-state index in [1.165, 1.54) is 0 Å². The third-order valence-corrected chi connectivity index (χ3v) is 0.964.